The van der Waals surface area contributed by atoms with E-state index in [0.29, 0.717) is 25.5 Å². The monoisotopic (exact) mass is 413 g/mol. The van der Waals surface area contributed by atoms with Gasteiger partial charge in [0.15, 0.2) is 0 Å². The number of carbonyl (C=O) groups is 3. The number of aromatic nitrogens is 2. The summed E-state index contributed by atoms with van der Waals surface area (Å²) in [4.78, 5) is 43.9. The van der Waals surface area contributed by atoms with Crippen molar-refractivity contribution in [2.45, 2.75) is 51.6 Å². The zero-order chi connectivity index (χ0) is 21.5. The Hall–Kier alpha value is -3.10. The van der Waals surface area contributed by atoms with E-state index in [1.165, 1.54) is 4.90 Å². The maximum absolute atomic E-state index is 12.3. The lowest BCUT2D eigenvalue weighted by Gasteiger charge is -2.33. The summed E-state index contributed by atoms with van der Waals surface area (Å²) in [6.07, 6.45) is 5.18. The van der Waals surface area contributed by atoms with Crippen molar-refractivity contribution >= 4 is 29.5 Å². The molecule has 4 amide bonds. The third-order valence-electron chi connectivity index (χ3n) is 5.46. The van der Waals surface area contributed by atoms with Gasteiger partial charge >= 0.3 is 12.1 Å². The number of nitrogens with zero attached hydrogens (tertiary/aromatic N) is 4. The average molecular weight is 413 g/mol. The smallest absolute Gasteiger partial charge is 0.410 e. The van der Waals surface area contributed by atoms with Crippen LogP contribution in [0.15, 0.2) is 24.5 Å². The van der Waals surface area contributed by atoms with Gasteiger partial charge in [0.1, 0.15) is 17.1 Å². The predicted molar refractivity (Wildman–Crippen MR) is 110 cm³/mol. The highest BCUT2D eigenvalue weighted by molar-refractivity contribution is 6.05. The van der Waals surface area contributed by atoms with Crippen LogP contribution in [-0.2, 0) is 9.53 Å². The molecule has 0 aliphatic carbocycles. The van der Waals surface area contributed by atoms with Crippen LogP contribution >= 0.6 is 0 Å². The summed E-state index contributed by atoms with van der Waals surface area (Å²) in [5, 5.41) is 2.35. The number of nitrogens with one attached hydrogen (secondary N) is 1. The number of imide groups is 1. The Kier molecular flexibility index (Phi) is 5.13. The number of pyridine rings is 1. The molecule has 0 radical (unpaired) electrons. The minimum atomic E-state index is -0.503. The first kappa shape index (κ1) is 20.2. The van der Waals surface area contributed by atoms with E-state index in [9.17, 15) is 14.4 Å². The molecule has 2 aliphatic rings. The van der Waals surface area contributed by atoms with Crippen molar-refractivity contribution < 1.29 is 19.1 Å². The molecule has 2 aliphatic heterocycles. The molecule has 2 aromatic heterocycles. The number of anilines is 1. The van der Waals surface area contributed by atoms with Gasteiger partial charge < -0.3 is 9.64 Å². The number of imidazole rings is 1. The Labute approximate surface area is 175 Å². The number of carbonyl (C=O) groups excluding carboxylic acids is 3. The summed E-state index contributed by atoms with van der Waals surface area (Å²) < 4.78 is 7.37. The summed E-state index contributed by atoms with van der Waals surface area (Å²) in [7, 11) is 0. The lowest BCUT2D eigenvalue weighted by Crippen LogP contribution is -2.50. The van der Waals surface area contributed by atoms with Crippen molar-refractivity contribution in [3.63, 3.8) is 0 Å². The number of urea groups is 1. The Morgan fingerprint density at radius 3 is 2.60 bits per heavy atom. The van der Waals surface area contributed by atoms with E-state index in [0.717, 1.165) is 24.1 Å². The molecule has 2 aromatic rings. The quantitative estimate of drug-likeness (QED) is 0.817. The van der Waals surface area contributed by atoms with Crippen LogP contribution in [0, 0.1) is 0 Å². The molecule has 0 aromatic carbocycles. The highest BCUT2D eigenvalue weighted by Crippen LogP contribution is 2.32. The number of likely N-dealkylation sites (tertiary alicyclic amines) is 1. The van der Waals surface area contributed by atoms with Crippen molar-refractivity contribution in [2.75, 3.05) is 24.5 Å². The van der Waals surface area contributed by atoms with Gasteiger partial charge in [0.05, 0.1) is 6.20 Å². The van der Waals surface area contributed by atoms with Crippen LogP contribution in [0.4, 0.5) is 15.4 Å². The fourth-order valence-corrected chi connectivity index (χ4v) is 4.02. The Morgan fingerprint density at radius 1 is 1.20 bits per heavy atom. The van der Waals surface area contributed by atoms with Gasteiger partial charge in [-0.1, -0.05) is 6.07 Å². The molecular formula is C21H27N5O4. The molecule has 9 heteroatoms. The molecule has 9 nitrogen and oxygen atoms in total. The van der Waals surface area contributed by atoms with E-state index in [1.54, 1.807) is 11.1 Å². The predicted octanol–water partition coefficient (Wildman–Crippen LogP) is 2.90. The molecular weight excluding hydrogens is 386 g/mol. The number of hydrogen-bond donors (Lipinski definition) is 1. The molecule has 160 valence electrons. The summed E-state index contributed by atoms with van der Waals surface area (Å²) in [6.45, 7) is 7.19. The Bertz CT molecular complexity index is 985. The first-order valence-corrected chi connectivity index (χ1v) is 10.3. The second kappa shape index (κ2) is 7.62. The highest BCUT2D eigenvalue weighted by Gasteiger charge is 2.30. The summed E-state index contributed by atoms with van der Waals surface area (Å²) in [6, 6.07) is 3.57. The standard InChI is InChI=1S/C21H27N5O4/c1-21(2,3)30-20(29)24-10-6-14(7-11-24)15-5-4-9-25-17(13-22-18(15)25)26-12-8-16(27)23-19(26)28/h4-5,9,13-14H,6-8,10-12H2,1-3H3,(H,23,27,28). The van der Waals surface area contributed by atoms with Gasteiger partial charge in [0.25, 0.3) is 0 Å². The largest absolute Gasteiger partial charge is 0.444 e. The zero-order valence-corrected chi connectivity index (χ0v) is 17.6. The molecule has 4 rings (SSSR count). The van der Waals surface area contributed by atoms with Crippen molar-refractivity contribution in [2.24, 2.45) is 0 Å². The lowest BCUT2D eigenvalue weighted by atomic mass is 9.90. The van der Waals surface area contributed by atoms with Crippen LogP contribution in [0.2, 0.25) is 0 Å². The minimum Gasteiger partial charge on any atom is -0.444 e. The topological polar surface area (TPSA) is 96.3 Å². The second-order valence-electron chi connectivity index (χ2n) is 8.77. The normalized spacial score (nSPS) is 18.6. The fourth-order valence-electron chi connectivity index (χ4n) is 4.02. The molecule has 0 spiro atoms. The number of fused-ring (bicyclic) bond motifs is 1. The van der Waals surface area contributed by atoms with E-state index in [1.807, 2.05) is 37.4 Å². The fraction of sp³-hybridized carbons (Fsp3) is 0.524. The number of ether oxygens (including phenoxy) is 1. The first-order valence-electron chi connectivity index (χ1n) is 10.3. The number of hydrogen-bond acceptors (Lipinski definition) is 5. The van der Waals surface area contributed by atoms with Gasteiger partial charge in [-0.05, 0) is 51.2 Å². The van der Waals surface area contributed by atoms with Crippen LogP contribution in [0.3, 0.4) is 0 Å². The SMILES string of the molecule is CC(C)(C)OC(=O)N1CCC(c2cccn3c(N4CCC(=O)NC4=O)cnc23)CC1. The van der Waals surface area contributed by atoms with Gasteiger partial charge in [-0.2, -0.15) is 0 Å². The van der Waals surface area contributed by atoms with Crippen molar-refractivity contribution in [3.8, 4) is 0 Å². The lowest BCUT2D eigenvalue weighted by molar-refractivity contribution is -0.120. The minimum absolute atomic E-state index is 0.262. The maximum atomic E-state index is 12.3. The number of rotatable bonds is 2. The average Bonchev–Trinajstić information content (AvgIpc) is 3.11. The van der Waals surface area contributed by atoms with Crippen LogP contribution < -0.4 is 10.2 Å². The number of piperidine rings is 1. The van der Waals surface area contributed by atoms with Crippen molar-refractivity contribution in [1.29, 1.82) is 0 Å². The third kappa shape index (κ3) is 3.96. The van der Waals surface area contributed by atoms with Gasteiger partial charge in [0.2, 0.25) is 5.91 Å². The van der Waals surface area contributed by atoms with Crippen LogP contribution in [0.5, 0.6) is 0 Å². The Morgan fingerprint density at radius 2 is 1.93 bits per heavy atom. The molecule has 0 atom stereocenters. The molecule has 1 N–H and O–H groups in total. The summed E-state index contributed by atoms with van der Waals surface area (Å²) in [5.74, 6) is 0.643. The maximum Gasteiger partial charge on any atom is 0.410 e. The van der Waals surface area contributed by atoms with E-state index < -0.39 is 11.6 Å². The van der Waals surface area contributed by atoms with Gasteiger partial charge in [-0.25, -0.2) is 14.6 Å². The van der Waals surface area contributed by atoms with E-state index in [4.69, 9.17) is 4.74 Å². The first-order chi connectivity index (χ1) is 14.2. The van der Waals surface area contributed by atoms with Crippen molar-refractivity contribution in [1.82, 2.24) is 19.6 Å². The van der Waals surface area contributed by atoms with Gasteiger partial charge in [-0.3, -0.25) is 19.4 Å². The van der Waals surface area contributed by atoms with E-state index in [2.05, 4.69) is 16.4 Å². The molecule has 4 heterocycles. The molecule has 0 unspecified atom stereocenters. The van der Waals surface area contributed by atoms with Gasteiger partial charge in [-0.15, -0.1) is 0 Å². The Balaban J connectivity index is 1.51. The molecule has 2 saturated heterocycles. The summed E-state index contributed by atoms with van der Waals surface area (Å²) in [5.41, 5.74) is 1.39. The van der Waals surface area contributed by atoms with Crippen LogP contribution in [0.25, 0.3) is 5.65 Å². The van der Waals surface area contributed by atoms with E-state index in [-0.39, 0.29) is 24.3 Å². The molecule has 0 bridgehead atoms. The second-order valence-corrected chi connectivity index (χ2v) is 8.77. The molecule has 2 fully saturated rings. The van der Waals surface area contributed by atoms with Crippen molar-refractivity contribution in [3.05, 3.63) is 30.1 Å². The van der Waals surface area contributed by atoms with Crippen LogP contribution in [0.1, 0.15) is 51.5 Å². The number of amides is 4. The highest BCUT2D eigenvalue weighted by atomic mass is 16.6. The molecule has 30 heavy (non-hydrogen) atoms. The van der Waals surface area contributed by atoms with E-state index >= 15 is 0 Å². The summed E-state index contributed by atoms with van der Waals surface area (Å²) >= 11 is 0. The van der Waals surface area contributed by atoms with Crippen LogP contribution in [-0.4, -0.2) is 57.6 Å². The molecule has 0 saturated carbocycles. The third-order valence-corrected chi connectivity index (χ3v) is 5.46. The van der Waals surface area contributed by atoms with Gasteiger partial charge in [0, 0.05) is 32.3 Å². The zero-order valence-electron chi connectivity index (χ0n) is 17.6.